The number of nitrogens with one attached hydrogen (secondary N) is 2. The van der Waals surface area contributed by atoms with Gasteiger partial charge in [0.05, 0.1) is 0 Å². The van der Waals surface area contributed by atoms with Crippen molar-refractivity contribution in [1.82, 2.24) is 15.3 Å². The van der Waals surface area contributed by atoms with Crippen LogP contribution >= 0.6 is 12.2 Å². The molecule has 0 bridgehead atoms. The Morgan fingerprint density at radius 3 is 2.44 bits per heavy atom. The summed E-state index contributed by atoms with van der Waals surface area (Å²) in [7, 11) is 0. The van der Waals surface area contributed by atoms with Crippen molar-refractivity contribution in [2.24, 2.45) is 11.8 Å². The van der Waals surface area contributed by atoms with E-state index in [2.05, 4.69) is 40.4 Å². The molecule has 1 saturated carbocycles. The van der Waals surface area contributed by atoms with Crippen molar-refractivity contribution in [3.8, 4) is 0 Å². The SMILES string of the molecule is Cc1cc(N2CC(C)CC(C)C2)nc(NC(=S)NCC2(c3ccc(F)cc3)CCCC2)n1. The zero-order chi connectivity index (χ0) is 22.7. The Labute approximate surface area is 196 Å². The summed E-state index contributed by atoms with van der Waals surface area (Å²) in [5.74, 6) is 2.60. The molecule has 2 N–H and O–H groups in total. The van der Waals surface area contributed by atoms with Gasteiger partial charge in [-0.05, 0) is 67.9 Å². The summed E-state index contributed by atoms with van der Waals surface area (Å²) in [6, 6.07) is 8.98. The van der Waals surface area contributed by atoms with E-state index in [9.17, 15) is 4.39 Å². The number of anilines is 2. The van der Waals surface area contributed by atoms with Gasteiger partial charge in [0.15, 0.2) is 5.11 Å². The maximum atomic E-state index is 13.4. The van der Waals surface area contributed by atoms with Gasteiger partial charge in [-0.3, -0.25) is 0 Å². The van der Waals surface area contributed by atoms with Crippen molar-refractivity contribution in [1.29, 1.82) is 0 Å². The summed E-state index contributed by atoms with van der Waals surface area (Å²) in [4.78, 5) is 11.7. The van der Waals surface area contributed by atoms with E-state index in [0.29, 0.717) is 29.4 Å². The molecule has 172 valence electrons. The van der Waals surface area contributed by atoms with E-state index in [1.54, 1.807) is 12.1 Å². The molecule has 7 heteroatoms. The molecule has 2 unspecified atom stereocenters. The Morgan fingerprint density at radius 2 is 1.78 bits per heavy atom. The Balaban J connectivity index is 1.42. The smallest absolute Gasteiger partial charge is 0.231 e. The molecule has 0 spiro atoms. The highest BCUT2D eigenvalue weighted by atomic mass is 32.1. The first kappa shape index (κ1) is 22.9. The monoisotopic (exact) mass is 455 g/mol. The molecule has 0 radical (unpaired) electrons. The minimum Gasteiger partial charge on any atom is -0.361 e. The third-order valence-electron chi connectivity index (χ3n) is 6.86. The molecule has 2 heterocycles. The molecule has 5 nitrogen and oxygen atoms in total. The lowest BCUT2D eigenvalue weighted by Gasteiger charge is -2.36. The van der Waals surface area contributed by atoms with Gasteiger partial charge in [-0.15, -0.1) is 0 Å². The van der Waals surface area contributed by atoms with Crippen LogP contribution in [0, 0.1) is 24.6 Å². The molecule has 1 aromatic carbocycles. The predicted molar refractivity (Wildman–Crippen MR) is 133 cm³/mol. The second kappa shape index (κ2) is 9.69. The van der Waals surface area contributed by atoms with Crippen LogP contribution in [0.4, 0.5) is 16.2 Å². The lowest BCUT2D eigenvalue weighted by molar-refractivity contribution is 0.355. The van der Waals surface area contributed by atoms with Crippen molar-refractivity contribution in [3.63, 3.8) is 0 Å². The number of hydrogen-bond acceptors (Lipinski definition) is 4. The van der Waals surface area contributed by atoms with Crippen LogP contribution in [0.3, 0.4) is 0 Å². The van der Waals surface area contributed by atoms with Crippen molar-refractivity contribution in [2.75, 3.05) is 29.9 Å². The maximum Gasteiger partial charge on any atom is 0.231 e. The van der Waals surface area contributed by atoms with E-state index >= 15 is 0 Å². The number of piperidine rings is 1. The third kappa shape index (κ3) is 5.37. The summed E-state index contributed by atoms with van der Waals surface area (Å²) >= 11 is 5.60. The number of aromatic nitrogens is 2. The van der Waals surface area contributed by atoms with Gasteiger partial charge < -0.3 is 15.5 Å². The van der Waals surface area contributed by atoms with Crippen LogP contribution in [-0.4, -0.2) is 34.7 Å². The minimum atomic E-state index is -0.197. The second-order valence-electron chi connectivity index (χ2n) is 9.84. The van der Waals surface area contributed by atoms with Crippen LogP contribution in [0.5, 0.6) is 0 Å². The number of aryl methyl sites for hydroxylation is 1. The molecule has 2 atom stereocenters. The number of hydrogen-bond donors (Lipinski definition) is 2. The third-order valence-corrected chi connectivity index (χ3v) is 7.11. The topological polar surface area (TPSA) is 53.1 Å². The molecular weight excluding hydrogens is 421 g/mol. The lowest BCUT2D eigenvalue weighted by Crippen LogP contribution is -2.41. The van der Waals surface area contributed by atoms with Gasteiger partial charge in [0.1, 0.15) is 11.6 Å². The second-order valence-corrected chi connectivity index (χ2v) is 10.3. The predicted octanol–water partition coefficient (Wildman–Crippen LogP) is 5.20. The van der Waals surface area contributed by atoms with Gasteiger partial charge in [-0.25, -0.2) is 9.37 Å². The van der Waals surface area contributed by atoms with Gasteiger partial charge in [0.2, 0.25) is 5.95 Å². The molecule has 2 aromatic rings. The normalized spacial score (nSPS) is 22.6. The first-order chi connectivity index (χ1) is 15.3. The van der Waals surface area contributed by atoms with Crippen LogP contribution in [0.1, 0.15) is 57.2 Å². The maximum absolute atomic E-state index is 13.4. The Morgan fingerprint density at radius 1 is 1.12 bits per heavy atom. The van der Waals surface area contributed by atoms with Gasteiger partial charge in [0.25, 0.3) is 0 Å². The van der Waals surface area contributed by atoms with Crippen molar-refractivity contribution >= 4 is 29.1 Å². The average Bonchev–Trinajstić information content (AvgIpc) is 3.22. The average molecular weight is 456 g/mol. The van der Waals surface area contributed by atoms with Crippen LogP contribution in [-0.2, 0) is 5.41 Å². The van der Waals surface area contributed by atoms with Crippen molar-refractivity contribution in [3.05, 3.63) is 47.4 Å². The number of nitrogens with zero attached hydrogens (tertiary/aromatic N) is 3. The van der Waals surface area contributed by atoms with E-state index in [4.69, 9.17) is 17.2 Å². The fraction of sp³-hybridized carbons (Fsp3) is 0.560. The fourth-order valence-electron chi connectivity index (χ4n) is 5.44. The molecule has 2 aliphatic rings. The van der Waals surface area contributed by atoms with Crippen molar-refractivity contribution < 1.29 is 4.39 Å². The summed E-state index contributed by atoms with van der Waals surface area (Å²) in [6.07, 6.45) is 5.76. The van der Waals surface area contributed by atoms with E-state index in [1.165, 1.54) is 24.8 Å². The number of benzene rings is 1. The molecule has 1 aromatic heterocycles. The van der Waals surface area contributed by atoms with E-state index in [1.807, 2.05) is 19.1 Å². The highest BCUT2D eigenvalue weighted by Crippen LogP contribution is 2.40. The van der Waals surface area contributed by atoms with E-state index in [0.717, 1.165) is 37.4 Å². The molecule has 2 fully saturated rings. The zero-order valence-electron chi connectivity index (χ0n) is 19.3. The Hall–Kier alpha value is -2.28. The number of rotatable bonds is 5. The molecule has 0 amide bonds. The standard InChI is InChI=1S/C25H34FN5S/c1-17-12-18(2)15-31(14-17)22-13-19(3)28-23(29-22)30-24(32)27-16-25(10-4-5-11-25)20-6-8-21(26)9-7-20/h6-9,13,17-18H,4-5,10-12,14-16H2,1-3H3,(H2,27,28,29,30,32). The van der Waals surface area contributed by atoms with Crippen LogP contribution in [0.15, 0.2) is 30.3 Å². The number of halogens is 1. The first-order valence-corrected chi connectivity index (χ1v) is 12.2. The van der Waals surface area contributed by atoms with E-state index < -0.39 is 0 Å². The van der Waals surface area contributed by atoms with Gasteiger partial charge in [-0.1, -0.05) is 38.8 Å². The summed E-state index contributed by atoms with van der Waals surface area (Å²) in [5.41, 5.74) is 2.08. The quantitative estimate of drug-likeness (QED) is 0.604. The highest BCUT2D eigenvalue weighted by Gasteiger charge is 2.35. The summed E-state index contributed by atoms with van der Waals surface area (Å²) < 4.78 is 13.4. The van der Waals surface area contributed by atoms with Gasteiger partial charge >= 0.3 is 0 Å². The summed E-state index contributed by atoms with van der Waals surface area (Å²) in [5, 5.41) is 7.11. The molecule has 4 rings (SSSR count). The molecule has 1 aliphatic heterocycles. The van der Waals surface area contributed by atoms with Crippen LogP contribution in [0.2, 0.25) is 0 Å². The van der Waals surface area contributed by atoms with Crippen molar-refractivity contribution in [2.45, 2.75) is 58.3 Å². The van der Waals surface area contributed by atoms with Gasteiger partial charge in [0, 0.05) is 36.8 Å². The summed E-state index contributed by atoms with van der Waals surface area (Å²) in [6.45, 7) is 9.34. The van der Waals surface area contributed by atoms with E-state index in [-0.39, 0.29) is 11.2 Å². The molecule has 1 aliphatic carbocycles. The number of thiocarbonyl (C=S) groups is 1. The molecular formula is C25H34FN5S. The minimum absolute atomic E-state index is 0.0157. The lowest BCUT2D eigenvalue weighted by atomic mass is 9.79. The Kier molecular flexibility index (Phi) is 6.93. The van der Waals surface area contributed by atoms with Crippen LogP contribution < -0.4 is 15.5 Å². The highest BCUT2D eigenvalue weighted by molar-refractivity contribution is 7.80. The fourth-order valence-corrected chi connectivity index (χ4v) is 5.60. The van der Waals surface area contributed by atoms with Crippen LogP contribution in [0.25, 0.3) is 0 Å². The first-order valence-electron chi connectivity index (χ1n) is 11.7. The molecule has 1 saturated heterocycles. The largest absolute Gasteiger partial charge is 0.361 e. The van der Waals surface area contributed by atoms with Gasteiger partial charge in [-0.2, -0.15) is 4.98 Å². The molecule has 32 heavy (non-hydrogen) atoms. The Bertz CT molecular complexity index is 932. The zero-order valence-corrected chi connectivity index (χ0v) is 20.1.